The zero-order valence-corrected chi connectivity index (χ0v) is 25.6. The Labute approximate surface area is 271 Å². The summed E-state index contributed by atoms with van der Waals surface area (Å²) in [5.41, 5.74) is 6.29. The summed E-state index contributed by atoms with van der Waals surface area (Å²) in [5.74, 6) is 2.96. The van der Waals surface area contributed by atoms with E-state index in [4.69, 9.17) is 18.9 Å². The fourth-order valence-corrected chi connectivity index (χ4v) is 4.87. The van der Waals surface area contributed by atoms with Gasteiger partial charge in [0.15, 0.2) is 0 Å². The first-order chi connectivity index (χ1) is 22.8. The molecule has 6 rings (SSSR count). The van der Waals surface area contributed by atoms with Crippen molar-refractivity contribution in [2.45, 2.75) is 26.4 Å². The van der Waals surface area contributed by atoms with Crippen molar-refractivity contribution >= 4 is 12.2 Å². The van der Waals surface area contributed by atoms with Crippen LogP contribution in [0.25, 0.3) is 12.2 Å². The lowest BCUT2D eigenvalue weighted by Crippen LogP contribution is -1.99. The van der Waals surface area contributed by atoms with E-state index in [9.17, 15) is 0 Å². The molecule has 4 nitrogen and oxygen atoms in total. The second-order valence-electron chi connectivity index (χ2n) is 10.9. The molecule has 0 fully saturated rings. The van der Waals surface area contributed by atoms with Gasteiger partial charge in [-0.15, -0.1) is 0 Å². The van der Waals surface area contributed by atoms with Crippen LogP contribution >= 0.6 is 0 Å². The van der Waals surface area contributed by atoms with Crippen LogP contribution in [0.4, 0.5) is 0 Å². The first kappa shape index (κ1) is 30.3. The predicted molar refractivity (Wildman–Crippen MR) is 185 cm³/mol. The van der Waals surface area contributed by atoms with Crippen LogP contribution in [0.5, 0.6) is 23.0 Å². The molecule has 0 bridgehead atoms. The van der Waals surface area contributed by atoms with Gasteiger partial charge in [0.1, 0.15) is 49.4 Å². The van der Waals surface area contributed by atoms with E-state index in [2.05, 4.69) is 60.7 Å². The van der Waals surface area contributed by atoms with Gasteiger partial charge in [0.25, 0.3) is 0 Å². The average Bonchev–Trinajstić information content (AvgIpc) is 3.12. The predicted octanol–water partition coefficient (Wildman–Crippen LogP) is 10.2. The number of benzene rings is 6. The second kappa shape index (κ2) is 15.8. The molecule has 46 heavy (non-hydrogen) atoms. The minimum atomic E-state index is 0.449. The number of ether oxygens (including phenoxy) is 4. The zero-order valence-electron chi connectivity index (χ0n) is 25.6. The van der Waals surface area contributed by atoms with Gasteiger partial charge in [-0.1, -0.05) is 133 Å². The van der Waals surface area contributed by atoms with Crippen LogP contribution in [-0.4, -0.2) is 0 Å². The van der Waals surface area contributed by atoms with Gasteiger partial charge in [0.2, 0.25) is 0 Å². The quantitative estimate of drug-likeness (QED) is 0.116. The van der Waals surface area contributed by atoms with Crippen LogP contribution in [0.1, 0.15) is 33.4 Å². The third kappa shape index (κ3) is 9.13. The maximum absolute atomic E-state index is 6.35. The molecule has 0 aliphatic rings. The van der Waals surface area contributed by atoms with Gasteiger partial charge >= 0.3 is 0 Å². The van der Waals surface area contributed by atoms with Crippen molar-refractivity contribution in [3.63, 3.8) is 0 Å². The van der Waals surface area contributed by atoms with E-state index in [0.717, 1.165) is 56.4 Å². The summed E-state index contributed by atoms with van der Waals surface area (Å²) in [7, 11) is 0. The van der Waals surface area contributed by atoms with E-state index in [0.29, 0.717) is 26.4 Å². The van der Waals surface area contributed by atoms with Crippen molar-refractivity contribution in [2.24, 2.45) is 0 Å². The molecule has 0 aromatic heterocycles. The summed E-state index contributed by atoms with van der Waals surface area (Å²) in [6, 6.07) is 52.5. The van der Waals surface area contributed by atoms with Crippen LogP contribution in [0.15, 0.2) is 158 Å². The van der Waals surface area contributed by atoms with Gasteiger partial charge in [-0.3, -0.25) is 0 Å². The van der Waals surface area contributed by atoms with Gasteiger partial charge in [-0.2, -0.15) is 0 Å². The molecule has 0 saturated heterocycles. The van der Waals surface area contributed by atoms with E-state index in [1.165, 1.54) is 0 Å². The minimum Gasteiger partial charge on any atom is -0.489 e. The molecule has 0 spiro atoms. The second-order valence-corrected chi connectivity index (χ2v) is 10.9. The lowest BCUT2D eigenvalue weighted by molar-refractivity contribution is 0.289. The summed E-state index contributed by atoms with van der Waals surface area (Å²) < 4.78 is 24.9. The highest BCUT2D eigenvalue weighted by atomic mass is 16.5. The lowest BCUT2D eigenvalue weighted by atomic mass is 10.1. The van der Waals surface area contributed by atoms with Crippen LogP contribution in [0, 0.1) is 0 Å². The largest absolute Gasteiger partial charge is 0.489 e. The number of hydrogen-bond acceptors (Lipinski definition) is 4. The lowest BCUT2D eigenvalue weighted by Gasteiger charge is -2.13. The topological polar surface area (TPSA) is 36.9 Å². The van der Waals surface area contributed by atoms with Crippen molar-refractivity contribution < 1.29 is 18.9 Å². The average molecular weight is 605 g/mol. The monoisotopic (exact) mass is 604 g/mol. The van der Waals surface area contributed by atoms with Gasteiger partial charge in [-0.25, -0.2) is 0 Å². The first-order valence-corrected chi connectivity index (χ1v) is 15.4. The van der Waals surface area contributed by atoms with Gasteiger partial charge in [0, 0.05) is 17.7 Å². The Morgan fingerprint density at radius 1 is 0.348 bits per heavy atom. The fraction of sp³-hybridized carbons (Fsp3) is 0.0952. The van der Waals surface area contributed by atoms with Gasteiger partial charge < -0.3 is 18.9 Å². The molecule has 0 atom stereocenters. The summed E-state index contributed by atoms with van der Waals surface area (Å²) in [5, 5.41) is 0. The molecule has 0 heterocycles. The van der Waals surface area contributed by atoms with Crippen molar-refractivity contribution in [1.82, 2.24) is 0 Å². The highest BCUT2D eigenvalue weighted by Gasteiger charge is 2.08. The molecule has 0 unspecified atom stereocenters. The van der Waals surface area contributed by atoms with E-state index < -0.39 is 0 Å². The molecule has 0 amide bonds. The Morgan fingerprint density at radius 3 is 1.22 bits per heavy atom. The third-order valence-corrected chi connectivity index (χ3v) is 7.32. The Hall–Kier alpha value is -5.74. The Morgan fingerprint density at radius 2 is 0.761 bits per heavy atom. The first-order valence-electron chi connectivity index (χ1n) is 15.4. The van der Waals surface area contributed by atoms with Crippen molar-refractivity contribution in [2.75, 3.05) is 0 Å². The van der Waals surface area contributed by atoms with E-state index in [1.807, 2.05) is 109 Å². The van der Waals surface area contributed by atoms with Crippen molar-refractivity contribution in [1.29, 1.82) is 0 Å². The highest BCUT2D eigenvalue weighted by Crippen LogP contribution is 2.30. The smallest absolute Gasteiger partial charge is 0.130 e. The minimum absolute atomic E-state index is 0.449. The van der Waals surface area contributed by atoms with Crippen LogP contribution in [0.2, 0.25) is 0 Å². The molecule has 0 radical (unpaired) electrons. The molecule has 0 aliphatic carbocycles. The molecular formula is C42H36O4. The molecular weight excluding hydrogens is 568 g/mol. The SMILES string of the molecule is C(=C\c1ccc(OCc2ccccc2)cc1OCc1ccccc1)/c1cc(OCc2ccccc2)cc(OCc2ccccc2)c1. The fourth-order valence-electron chi connectivity index (χ4n) is 4.87. The maximum Gasteiger partial charge on any atom is 0.130 e. The molecule has 228 valence electrons. The summed E-state index contributed by atoms with van der Waals surface area (Å²) in [6.07, 6.45) is 4.11. The molecule has 0 saturated carbocycles. The summed E-state index contributed by atoms with van der Waals surface area (Å²) in [6.45, 7) is 1.86. The standard InChI is InChI=1S/C42H36O4/c1-5-13-33(14-6-1)29-43-39-24-23-38(42(28-39)46-32-36-19-11-4-12-20-36)22-21-37-25-40(44-30-34-15-7-2-8-16-34)27-41(26-37)45-31-35-17-9-3-10-18-35/h1-28H,29-32H2/b22-21+. The van der Waals surface area contributed by atoms with Crippen LogP contribution in [0.3, 0.4) is 0 Å². The van der Waals surface area contributed by atoms with E-state index in [-0.39, 0.29) is 0 Å². The third-order valence-electron chi connectivity index (χ3n) is 7.32. The summed E-state index contributed by atoms with van der Waals surface area (Å²) >= 11 is 0. The molecule has 6 aromatic carbocycles. The van der Waals surface area contributed by atoms with E-state index in [1.54, 1.807) is 0 Å². The highest BCUT2D eigenvalue weighted by molar-refractivity contribution is 5.74. The maximum atomic E-state index is 6.35. The Bertz CT molecular complexity index is 1760. The van der Waals surface area contributed by atoms with Gasteiger partial charge in [0.05, 0.1) is 0 Å². The number of rotatable bonds is 14. The molecule has 0 N–H and O–H groups in total. The Balaban J connectivity index is 1.24. The van der Waals surface area contributed by atoms with Gasteiger partial charge in [-0.05, 0) is 52.1 Å². The summed E-state index contributed by atoms with van der Waals surface area (Å²) in [4.78, 5) is 0. The normalized spacial score (nSPS) is 10.9. The van der Waals surface area contributed by atoms with Crippen LogP contribution in [-0.2, 0) is 26.4 Å². The molecule has 6 aromatic rings. The Kier molecular flexibility index (Phi) is 10.4. The zero-order chi connectivity index (χ0) is 31.2. The van der Waals surface area contributed by atoms with E-state index >= 15 is 0 Å². The van der Waals surface area contributed by atoms with Crippen molar-refractivity contribution in [3.8, 4) is 23.0 Å². The molecule has 4 heteroatoms. The molecule has 0 aliphatic heterocycles. The van der Waals surface area contributed by atoms with Crippen LogP contribution < -0.4 is 18.9 Å². The van der Waals surface area contributed by atoms with Crippen molar-refractivity contribution in [3.05, 3.63) is 191 Å². The number of hydrogen-bond donors (Lipinski definition) is 0.